The monoisotopic (exact) mass is 457 g/mol. The Morgan fingerprint density at radius 1 is 1.06 bits per heavy atom. The molecule has 0 saturated carbocycles. The summed E-state index contributed by atoms with van der Waals surface area (Å²) in [6, 6.07) is 8.14. The van der Waals surface area contributed by atoms with Crippen molar-refractivity contribution in [2.24, 2.45) is 0 Å². The first-order valence-corrected chi connectivity index (χ1v) is 11.3. The predicted octanol–water partition coefficient (Wildman–Crippen LogP) is 2.18. The van der Waals surface area contributed by atoms with Gasteiger partial charge in [-0.15, -0.1) is 11.3 Å². The number of carbonyl (C=O) groups is 1. The van der Waals surface area contributed by atoms with Crippen LogP contribution in [0.4, 0.5) is 11.4 Å². The van der Waals surface area contributed by atoms with Gasteiger partial charge in [-0.3, -0.25) is 24.3 Å². The highest BCUT2D eigenvalue weighted by molar-refractivity contribution is 7.17. The zero-order valence-electron chi connectivity index (χ0n) is 17.4. The smallest absolute Gasteiger partial charge is 0.328 e. The van der Waals surface area contributed by atoms with Gasteiger partial charge in [0, 0.05) is 57.0 Å². The van der Waals surface area contributed by atoms with Crippen molar-refractivity contribution in [3.05, 3.63) is 66.7 Å². The van der Waals surface area contributed by atoms with Crippen LogP contribution < -0.4 is 16.1 Å². The van der Waals surface area contributed by atoms with E-state index in [1.807, 2.05) is 4.90 Å². The van der Waals surface area contributed by atoms with E-state index in [0.29, 0.717) is 55.7 Å². The van der Waals surface area contributed by atoms with Gasteiger partial charge in [-0.1, -0.05) is 0 Å². The molecule has 0 unspecified atom stereocenters. The largest absolute Gasteiger partial charge is 0.368 e. The SMILES string of the molecule is O=C(CCCCn1c(=O)[nH]c2ccsc2c1=O)N1CCN(c2ccc([N+](=O)[O-])cc2)CC1. The van der Waals surface area contributed by atoms with Crippen molar-refractivity contribution in [3.8, 4) is 0 Å². The number of hydrogen-bond acceptors (Lipinski definition) is 7. The molecular formula is C21H23N5O5S. The summed E-state index contributed by atoms with van der Waals surface area (Å²) in [5.41, 5.74) is 0.814. The number of thiophene rings is 1. The number of benzene rings is 1. The Balaban J connectivity index is 1.24. The van der Waals surface area contributed by atoms with Crippen molar-refractivity contribution in [2.45, 2.75) is 25.8 Å². The lowest BCUT2D eigenvalue weighted by atomic mass is 10.2. The van der Waals surface area contributed by atoms with Crippen molar-refractivity contribution in [1.29, 1.82) is 0 Å². The molecule has 1 amide bonds. The van der Waals surface area contributed by atoms with E-state index >= 15 is 0 Å². The summed E-state index contributed by atoms with van der Waals surface area (Å²) in [6.45, 7) is 2.78. The summed E-state index contributed by atoms with van der Waals surface area (Å²) >= 11 is 1.30. The number of hydrogen-bond donors (Lipinski definition) is 1. The number of carbonyl (C=O) groups excluding carboxylic acids is 1. The number of nitrogens with zero attached hydrogens (tertiary/aromatic N) is 4. The molecule has 168 valence electrons. The number of piperazine rings is 1. The topological polar surface area (TPSA) is 122 Å². The molecule has 0 spiro atoms. The van der Waals surface area contributed by atoms with Crippen LogP contribution in [0.2, 0.25) is 0 Å². The molecule has 1 aliphatic heterocycles. The maximum Gasteiger partial charge on any atom is 0.328 e. The lowest BCUT2D eigenvalue weighted by Crippen LogP contribution is -2.48. The average Bonchev–Trinajstić information content (AvgIpc) is 3.27. The number of nitrogens with one attached hydrogen (secondary N) is 1. The molecule has 0 bridgehead atoms. The third kappa shape index (κ3) is 4.57. The minimum absolute atomic E-state index is 0.0575. The maximum absolute atomic E-state index is 12.5. The van der Waals surface area contributed by atoms with E-state index < -0.39 is 10.6 Å². The van der Waals surface area contributed by atoms with Crippen molar-refractivity contribution in [1.82, 2.24) is 14.5 Å². The number of aromatic nitrogens is 2. The Morgan fingerprint density at radius 3 is 2.47 bits per heavy atom. The molecule has 1 aliphatic rings. The quantitative estimate of drug-likeness (QED) is 0.330. The molecule has 0 atom stereocenters. The lowest BCUT2D eigenvalue weighted by molar-refractivity contribution is -0.384. The summed E-state index contributed by atoms with van der Waals surface area (Å²) in [7, 11) is 0. The number of nitro benzene ring substituents is 1. The standard InChI is InChI=1S/C21H23N5O5S/c27-18(3-1-2-9-25-20(28)19-17(8-14-32-19)22-21(25)29)24-12-10-23(11-13-24)15-4-6-16(7-5-15)26(30)31/h4-8,14H,1-3,9-13H2,(H,22,29). The van der Waals surface area contributed by atoms with E-state index in [2.05, 4.69) is 9.88 Å². The van der Waals surface area contributed by atoms with Crippen LogP contribution in [-0.2, 0) is 11.3 Å². The number of non-ortho nitro benzene ring substituents is 1. The van der Waals surface area contributed by atoms with Gasteiger partial charge in [0.25, 0.3) is 11.2 Å². The van der Waals surface area contributed by atoms with Crippen LogP contribution in [0.1, 0.15) is 19.3 Å². The van der Waals surface area contributed by atoms with Gasteiger partial charge in [0.2, 0.25) is 5.91 Å². The maximum atomic E-state index is 12.5. The molecule has 0 aliphatic carbocycles. The summed E-state index contributed by atoms with van der Waals surface area (Å²) < 4.78 is 1.73. The van der Waals surface area contributed by atoms with Crippen molar-refractivity contribution >= 4 is 38.8 Å². The van der Waals surface area contributed by atoms with Crippen molar-refractivity contribution in [2.75, 3.05) is 31.1 Å². The number of nitro groups is 1. The third-order valence-corrected chi connectivity index (χ3v) is 6.57. The fourth-order valence-corrected chi connectivity index (χ4v) is 4.67. The minimum atomic E-state index is -0.423. The van der Waals surface area contributed by atoms with E-state index in [9.17, 15) is 24.5 Å². The van der Waals surface area contributed by atoms with E-state index in [-0.39, 0.29) is 23.7 Å². The Morgan fingerprint density at radius 2 is 1.78 bits per heavy atom. The van der Waals surface area contributed by atoms with Gasteiger partial charge in [-0.05, 0) is 36.4 Å². The summed E-state index contributed by atoms with van der Waals surface area (Å²) in [6.07, 6.45) is 1.52. The Bertz CT molecular complexity index is 1240. The highest BCUT2D eigenvalue weighted by Gasteiger charge is 2.21. The van der Waals surface area contributed by atoms with Crippen LogP contribution in [0.25, 0.3) is 10.2 Å². The fourth-order valence-electron chi connectivity index (χ4n) is 3.88. The Hall–Kier alpha value is -3.47. The highest BCUT2D eigenvalue weighted by atomic mass is 32.1. The van der Waals surface area contributed by atoms with Crippen LogP contribution >= 0.6 is 11.3 Å². The summed E-state index contributed by atoms with van der Waals surface area (Å²) in [4.78, 5) is 54.1. The van der Waals surface area contributed by atoms with Gasteiger partial charge in [0.15, 0.2) is 0 Å². The van der Waals surface area contributed by atoms with Crippen LogP contribution in [0, 0.1) is 10.1 Å². The van der Waals surface area contributed by atoms with E-state index in [1.54, 1.807) is 23.6 Å². The van der Waals surface area contributed by atoms with Crippen LogP contribution in [0.5, 0.6) is 0 Å². The number of amides is 1. The number of rotatable bonds is 7. The lowest BCUT2D eigenvalue weighted by Gasteiger charge is -2.36. The molecule has 2 aromatic heterocycles. The average molecular weight is 458 g/mol. The molecule has 3 heterocycles. The molecule has 1 saturated heterocycles. The number of fused-ring (bicyclic) bond motifs is 1. The zero-order chi connectivity index (χ0) is 22.7. The van der Waals surface area contributed by atoms with Crippen molar-refractivity contribution in [3.63, 3.8) is 0 Å². The number of H-pyrrole nitrogens is 1. The Kier molecular flexibility index (Phi) is 6.35. The first kappa shape index (κ1) is 21.8. The third-order valence-electron chi connectivity index (χ3n) is 5.67. The predicted molar refractivity (Wildman–Crippen MR) is 122 cm³/mol. The van der Waals surface area contributed by atoms with E-state index in [0.717, 1.165) is 5.69 Å². The van der Waals surface area contributed by atoms with Gasteiger partial charge < -0.3 is 14.8 Å². The summed E-state index contributed by atoms with van der Waals surface area (Å²) in [5.74, 6) is 0.0586. The molecule has 0 radical (unpaired) electrons. The number of anilines is 1. The minimum Gasteiger partial charge on any atom is -0.368 e. The molecule has 32 heavy (non-hydrogen) atoms. The number of unbranched alkanes of at least 4 members (excludes halogenated alkanes) is 1. The normalized spacial score (nSPS) is 14.1. The summed E-state index contributed by atoms with van der Waals surface area (Å²) in [5, 5.41) is 12.6. The number of aromatic amines is 1. The van der Waals surface area contributed by atoms with Gasteiger partial charge >= 0.3 is 5.69 Å². The molecule has 10 nitrogen and oxygen atoms in total. The second kappa shape index (κ2) is 9.35. The van der Waals surface area contributed by atoms with E-state index in [4.69, 9.17) is 0 Å². The molecule has 11 heteroatoms. The van der Waals surface area contributed by atoms with Crippen LogP contribution in [-0.4, -0.2) is 51.5 Å². The van der Waals surface area contributed by atoms with Crippen LogP contribution in [0.15, 0.2) is 45.3 Å². The first-order chi connectivity index (χ1) is 15.4. The molecular weight excluding hydrogens is 434 g/mol. The highest BCUT2D eigenvalue weighted by Crippen LogP contribution is 2.21. The van der Waals surface area contributed by atoms with E-state index in [1.165, 1.54) is 28.0 Å². The van der Waals surface area contributed by atoms with Crippen molar-refractivity contribution < 1.29 is 9.72 Å². The zero-order valence-corrected chi connectivity index (χ0v) is 18.2. The Labute approximate surface area is 186 Å². The molecule has 1 fully saturated rings. The van der Waals surface area contributed by atoms with Crippen LogP contribution in [0.3, 0.4) is 0 Å². The first-order valence-electron chi connectivity index (χ1n) is 10.4. The second-order valence-electron chi connectivity index (χ2n) is 7.65. The molecule has 4 rings (SSSR count). The molecule has 3 aromatic rings. The molecule has 1 N–H and O–H groups in total. The van der Waals surface area contributed by atoms with Gasteiger partial charge in [-0.2, -0.15) is 0 Å². The van der Waals surface area contributed by atoms with Gasteiger partial charge in [-0.25, -0.2) is 4.79 Å². The molecule has 1 aromatic carbocycles. The second-order valence-corrected chi connectivity index (χ2v) is 8.56. The fraction of sp³-hybridized carbons (Fsp3) is 0.381. The van der Waals surface area contributed by atoms with Gasteiger partial charge in [0.05, 0.1) is 10.4 Å². The van der Waals surface area contributed by atoms with Gasteiger partial charge in [0.1, 0.15) is 4.70 Å².